The maximum Gasteiger partial charge on any atom is 0.321 e. The van der Waals surface area contributed by atoms with Crippen molar-refractivity contribution in [2.24, 2.45) is 0 Å². The van der Waals surface area contributed by atoms with Crippen molar-refractivity contribution in [3.63, 3.8) is 0 Å². The maximum absolute atomic E-state index is 11.8. The zero-order chi connectivity index (χ0) is 19.6. The summed E-state index contributed by atoms with van der Waals surface area (Å²) in [7, 11) is 0. The van der Waals surface area contributed by atoms with Crippen LogP contribution in [0.4, 0.5) is 4.79 Å². The van der Waals surface area contributed by atoms with Gasteiger partial charge in [-0.2, -0.15) is 0 Å². The van der Waals surface area contributed by atoms with E-state index in [2.05, 4.69) is 27.4 Å². The molecule has 3 amide bonds. The molecule has 1 aromatic carbocycles. The zero-order valence-electron chi connectivity index (χ0n) is 15.4. The molecule has 0 aliphatic carbocycles. The molecule has 0 unspecified atom stereocenters. The summed E-state index contributed by atoms with van der Waals surface area (Å²) in [4.78, 5) is 23.2. The minimum Gasteiger partial charge on any atom is -0.486 e. The maximum atomic E-state index is 11.8. The molecule has 0 radical (unpaired) electrons. The fraction of sp³-hybridized carbons (Fsp3) is 0.333. The Kier molecular flexibility index (Phi) is 7.87. The number of nitrogens with zero attached hydrogens (tertiary/aromatic N) is 3. The highest BCUT2D eigenvalue weighted by Gasteiger charge is 2.15. The molecule has 0 bridgehead atoms. The van der Waals surface area contributed by atoms with E-state index >= 15 is 0 Å². The normalized spacial score (nSPS) is 10.3. The van der Waals surface area contributed by atoms with Crippen LogP contribution in [0.2, 0.25) is 0 Å². The third kappa shape index (κ3) is 6.45. The van der Waals surface area contributed by atoms with Gasteiger partial charge in [0.25, 0.3) is 0 Å². The average Bonchev–Trinajstić information content (AvgIpc) is 3.01. The Bertz CT molecular complexity index is 806. The Morgan fingerprint density at radius 1 is 1.37 bits per heavy atom. The third-order valence-corrected chi connectivity index (χ3v) is 4.35. The van der Waals surface area contributed by atoms with Crippen molar-refractivity contribution in [3.8, 4) is 5.75 Å². The fourth-order valence-electron chi connectivity index (χ4n) is 2.20. The van der Waals surface area contributed by atoms with E-state index in [1.165, 1.54) is 11.8 Å². The van der Waals surface area contributed by atoms with Gasteiger partial charge in [-0.05, 0) is 31.5 Å². The van der Waals surface area contributed by atoms with E-state index in [0.29, 0.717) is 24.1 Å². The van der Waals surface area contributed by atoms with Crippen LogP contribution in [-0.4, -0.2) is 39.0 Å². The Morgan fingerprint density at radius 2 is 2.19 bits per heavy atom. The van der Waals surface area contributed by atoms with Crippen molar-refractivity contribution in [1.29, 1.82) is 0 Å². The van der Waals surface area contributed by atoms with Crippen molar-refractivity contribution in [1.82, 2.24) is 25.4 Å². The molecule has 0 aliphatic heterocycles. The molecule has 0 spiro atoms. The van der Waals surface area contributed by atoms with Crippen LogP contribution in [0.3, 0.4) is 0 Å². The zero-order valence-corrected chi connectivity index (χ0v) is 16.2. The number of aryl methyl sites for hydroxylation is 1. The monoisotopic (exact) mass is 389 g/mol. The molecular formula is C18H23N5O3S. The summed E-state index contributed by atoms with van der Waals surface area (Å²) in [6.45, 7) is 8.69. The van der Waals surface area contributed by atoms with Gasteiger partial charge in [0.15, 0.2) is 11.0 Å². The van der Waals surface area contributed by atoms with E-state index in [9.17, 15) is 9.59 Å². The van der Waals surface area contributed by atoms with Gasteiger partial charge in [-0.15, -0.1) is 16.8 Å². The molecule has 9 heteroatoms. The van der Waals surface area contributed by atoms with Gasteiger partial charge in [0.1, 0.15) is 12.4 Å². The highest BCUT2D eigenvalue weighted by Crippen LogP contribution is 2.19. The van der Waals surface area contributed by atoms with Gasteiger partial charge in [0, 0.05) is 13.1 Å². The van der Waals surface area contributed by atoms with Gasteiger partial charge in [0.05, 0.1) is 5.75 Å². The van der Waals surface area contributed by atoms with Crippen LogP contribution in [0.15, 0.2) is 42.1 Å². The molecule has 27 heavy (non-hydrogen) atoms. The fourth-order valence-corrected chi connectivity index (χ4v) is 2.96. The van der Waals surface area contributed by atoms with Crippen LogP contribution < -0.4 is 15.4 Å². The largest absolute Gasteiger partial charge is 0.486 e. The third-order valence-electron chi connectivity index (χ3n) is 3.39. The van der Waals surface area contributed by atoms with E-state index in [0.717, 1.165) is 11.3 Å². The van der Waals surface area contributed by atoms with Gasteiger partial charge < -0.3 is 10.1 Å². The van der Waals surface area contributed by atoms with Crippen LogP contribution >= 0.6 is 11.8 Å². The van der Waals surface area contributed by atoms with Crippen LogP contribution in [0.25, 0.3) is 0 Å². The Balaban J connectivity index is 1.98. The molecule has 1 aromatic heterocycles. The van der Waals surface area contributed by atoms with Gasteiger partial charge >= 0.3 is 6.03 Å². The summed E-state index contributed by atoms with van der Waals surface area (Å²) >= 11 is 1.19. The number of rotatable bonds is 9. The minimum atomic E-state index is -0.511. The standard InChI is InChI=1S/C18H23N5O3S/c1-4-9-23-15(11-26-14-8-6-7-13(3)10-14)21-22-18(23)27-12-16(24)20-17(25)19-5-2/h4,6-8,10H,1,5,9,11-12H2,2-3H3,(H2,19,20,24,25). The van der Waals surface area contributed by atoms with Gasteiger partial charge in [-0.3, -0.25) is 14.7 Å². The van der Waals surface area contributed by atoms with Crippen LogP contribution in [0.1, 0.15) is 18.3 Å². The molecule has 1 heterocycles. The van der Waals surface area contributed by atoms with E-state index < -0.39 is 11.9 Å². The molecular weight excluding hydrogens is 366 g/mol. The summed E-state index contributed by atoms with van der Waals surface area (Å²) in [5, 5.41) is 13.6. The second-order valence-electron chi connectivity index (χ2n) is 5.60. The number of carbonyl (C=O) groups is 2. The first kappa shape index (κ1) is 20.5. The summed E-state index contributed by atoms with van der Waals surface area (Å²) in [5.41, 5.74) is 1.11. The molecule has 2 N–H and O–H groups in total. The first-order valence-corrected chi connectivity index (χ1v) is 9.45. The van der Waals surface area contributed by atoms with E-state index in [1.807, 2.05) is 35.8 Å². The lowest BCUT2D eigenvalue weighted by atomic mass is 10.2. The SMILES string of the molecule is C=CCn1c(COc2cccc(C)c2)nnc1SCC(=O)NC(=O)NCC. The number of imide groups is 1. The summed E-state index contributed by atoms with van der Waals surface area (Å²) < 4.78 is 7.61. The topological polar surface area (TPSA) is 98.1 Å². The summed E-state index contributed by atoms with van der Waals surface area (Å²) in [6.07, 6.45) is 1.72. The summed E-state index contributed by atoms with van der Waals surface area (Å²) in [5.74, 6) is 1.02. The molecule has 0 aliphatic rings. The number of nitrogens with one attached hydrogen (secondary N) is 2. The van der Waals surface area contributed by atoms with Crippen molar-refractivity contribution in [2.45, 2.75) is 32.2 Å². The highest BCUT2D eigenvalue weighted by atomic mass is 32.2. The van der Waals surface area contributed by atoms with Gasteiger partial charge in [-0.1, -0.05) is 30.0 Å². The van der Waals surface area contributed by atoms with Crippen LogP contribution in [0.5, 0.6) is 5.75 Å². The summed E-state index contributed by atoms with van der Waals surface area (Å²) in [6, 6.07) is 7.22. The Labute approximate surface area is 162 Å². The lowest BCUT2D eigenvalue weighted by Gasteiger charge is -2.09. The van der Waals surface area contributed by atoms with Crippen molar-refractivity contribution >= 4 is 23.7 Å². The Hall–Kier alpha value is -2.81. The van der Waals surface area contributed by atoms with E-state index in [4.69, 9.17) is 4.74 Å². The number of carbonyl (C=O) groups excluding carboxylic acids is 2. The number of aromatic nitrogens is 3. The quantitative estimate of drug-likeness (QED) is 0.504. The number of ether oxygens (including phenoxy) is 1. The minimum absolute atomic E-state index is 0.0468. The van der Waals surface area contributed by atoms with Crippen molar-refractivity contribution in [3.05, 3.63) is 48.3 Å². The first-order chi connectivity index (χ1) is 13.0. The second kappa shape index (κ2) is 10.4. The smallest absolute Gasteiger partial charge is 0.321 e. The molecule has 144 valence electrons. The molecule has 2 rings (SSSR count). The average molecular weight is 389 g/mol. The second-order valence-corrected chi connectivity index (χ2v) is 6.54. The number of hydrogen-bond acceptors (Lipinski definition) is 6. The van der Waals surface area contributed by atoms with Crippen molar-refractivity contribution in [2.75, 3.05) is 12.3 Å². The number of thioether (sulfide) groups is 1. The Morgan fingerprint density at radius 3 is 2.89 bits per heavy atom. The van der Waals surface area contributed by atoms with Crippen molar-refractivity contribution < 1.29 is 14.3 Å². The predicted octanol–water partition coefficient (Wildman–Crippen LogP) is 2.29. The molecule has 0 saturated heterocycles. The van der Waals surface area contributed by atoms with E-state index in [1.54, 1.807) is 13.0 Å². The number of urea groups is 1. The molecule has 8 nitrogen and oxygen atoms in total. The number of hydrogen-bond donors (Lipinski definition) is 2. The van der Waals surface area contributed by atoms with Crippen LogP contribution in [0, 0.1) is 6.92 Å². The first-order valence-electron chi connectivity index (χ1n) is 8.46. The van der Waals surface area contributed by atoms with Gasteiger partial charge in [-0.25, -0.2) is 4.79 Å². The highest BCUT2D eigenvalue weighted by molar-refractivity contribution is 7.99. The lowest BCUT2D eigenvalue weighted by molar-refractivity contribution is -0.117. The van der Waals surface area contributed by atoms with Crippen LogP contribution in [-0.2, 0) is 17.9 Å². The van der Waals surface area contributed by atoms with Gasteiger partial charge in [0.2, 0.25) is 5.91 Å². The molecule has 0 atom stereocenters. The number of benzene rings is 1. The number of amides is 3. The van der Waals surface area contributed by atoms with E-state index in [-0.39, 0.29) is 12.4 Å². The molecule has 0 saturated carbocycles. The molecule has 2 aromatic rings. The predicted molar refractivity (Wildman–Crippen MR) is 104 cm³/mol. The molecule has 0 fully saturated rings. The lowest BCUT2D eigenvalue weighted by Crippen LogP contribution is -2.40. The number of allylic oxidation sites excluding steroid dienone is 1.